The molecule has 0 spiro atoms. The molecule has 1 saturated heterocycles. The highest BCUT2D eigenvalue weighted by Gasteiger charge is 2.53. The van der Waals surface area contributed by atoms with Crippen LogP contribution in [-0.4, -0.2) is 37.0 Å². The van der Waals surface area contributed by atoms with E-state index in [0.29, 0.717) is 11.9 Å². The van der Waals surface area contributed by atoms with Gasteiger partial charge in [0.1, 0.15) is 0 Å². The van der Waals surface area contributed by atoms with Gasteiger partial charge in [0.05, 0.1) is 5.41 Å². The van der Waals surface area contributed by atoms with E-state index in [1.807, 2.05) is 7.05 Å². The van der Waals surface area contributed by atoms with Gasteiger partial charge in [-0.15, -0.1) is 0 Å². The van der Waals surface area contributed by atoms with E-state index in [1.54, 1.807) is 0 Å². The topological polar surface area (TPSA) is 32.3 Å². The van der Waals surface area contributed by atoms with E-state index >= 15 is 0 Å². The van der Waals surface area contributed by atoms with Crippen molar-refractivity contribution < 1.29 is 4.79 Å². The maximum Gasteiger partial charge on any atom is 0.233 e. The summed E-state index contributed by atoms with van der Waals surface area (Å²) in [6.07, 6.45) is 4.31. The van der Waals surface area contributed by atoms with Crippen LogP contribution in [0, 0.1) is 6.92 Å². The second-order valence-electron chi connectivity index (χ2n) is 6.33. The van der Waals surface area contributed by atoms with Gasteiger partial charge in [0.25, 0.3) is 0 Å². The van der Waals surface area contributed by atoms with Crippen molar-refractivity contribution in [2.24, 2.45) is 0 Å². The van der Waals surface area contributed by atoms with Gasteiger partial charge in [-0.05, 0) is 45.2 Å². The third-order valence-electron chi connectivity index (χ3n) is 4.85. The van der Waals surface area contributed by atoms with Gasteiger partial charge in [-0.1, -0.05) is 29.8 Å². The molecule has 3 rings (SSSR count). The SMILES string of the molecule is CNC1CCCN(C(=O)C2(c3cccc(C)c3)CC2)C1. The van der Waals surface area contributed by atoms with Crippen LogP contribution in [0.3, 0.4) is 0 Å². The van der Waals surface area contributed by atoms with Gasteiger partial charge < -0.3 is 10.2 Å². The minimum Gasteiger partial charge on any atom is -0.340 e. The third-order valence-corrected chi connectivity index (χ3v) is 4.85. The molecule has 3 nitrogen and oxygen atoms in total. The number of nitrogens with zero attached hydrogens (tertiary/aromatic N) is 1. The van der Waals surface area contributed by atoms with Crippen molar-refractivity contribution in [2.75, 3.05) is 20.1 Å². The summed E-state index contributed by atoms with van der Waals surface area (Å²) >= 11 is 0. The predicted octanol–water partition coefficient (Wildman–Crippen LogP) is 2.24. The van der Waals surface area contributed by atoms with Crippen LogP contribution in [-0.2, 0) is 10.2 Å². The predicted molar refractivity (Wildman–Crippen MR) is 80.8 cm³/mol. The molecule has 0 aromatic heterocycles. The lowest BCUT2D eigenvalue weighted by atomic mass is 9.92. The summed E-state index contributed by atoms with van der Waals surface area (Å²) in [7, 11) is 1.99. The Balaban J connectivity index is 1.79. The molecule has 1 saturated carbocycles. The molecular weight excluding hydrogens is 248 g/mol. The van der Waals surface area contributed by atoms with E-state index < -0.39 is 0 Å². The van der Waals surface area contributed by atoms with Crippen LogP contribution < -0.4 is 5.32 Å². The van der Waals surface area contributed by atoms with Crippen LogP contribution in [0.2, 0.25) is 0 Å². The number of likely N-dealkylation sites (tertiary alicyclic amines) is 1. The summed E-state index contributed by atoms with van der Waals surface area (Å²) in [5, 5.41) is 3.32. The number of likely N-dealkylation sites (N-methyl/N-ethyl adjacent to an activating group) is 1. The van der Waals surface area contributed by atoms with E-state index in [1.165, 1.54) is 17.5 Å². The van der Waals surface area contributed by atoms with Crippen LogP contribution in [0.15, 0.2) is 24.3 Å². The molecule has 3 heteroatoms. The van der Waals surface area contributed by atoms with Crippen molar-refractivity contribution in [3.05, 3.63) is 35.4 Å². The van der Waals surface area contributed by atoms with E-state index in [2.05, 4.69) is 41.4 Å². The van der Waals surface area contributed by atoms with Crippen molar-refractivity contribution in [3.63, 3.8) is 0 Å². The lowest BCUT2D eigenvalue weighted by Crippen LogP contribution is -2.50. The number of hydrogen-bond donors (Lipinski definition) is 1. The van der Waals surface area contributed by atoms with E-state index in [0.717, 1.165) is 32.4 Å². The number of carbonyl (C=O) groups is 1. The van der Waals surface area contributed by atoms with Crippen molar-refractivity contribution in [1.82, 2.24) is 10.2 Å². The molecule has 0 radical (unpaired) electrons. The molecule has 0 bridgehead atoms. The monoisotopic (exact) mass is 272 g/mol. The van der Waals surface area contributed by atoms with Gasteiger partial charge >= 0.3 is 0 Å². The number of aryl methyl sites for hydroxylation is 1. The smallest absolute Gasteiger partial charge is 0.233 e. The average Bonchev–Trinajstić information content (AvgIpc) is 3.28. The van der Waals surface area contributed by atoms with Crippen molar-refractivity contribution in [1.29, 1.82) is 0 Å². The Kier molecular flexibility index (Phi) is 3.55. The zero-order valence-corrected chi connectivity index (χ0v) is 12.5. The largest absolute Gasteiger partial charge is 0.340 e. The normalized spacial score (nSPS) is 24.5. The lowest BCUT2D eigenvalue weighted by molar-refractivity contribution is -0.135. The van der Waals surface area contributed by atoms with Gasteiger partial charge in [0, 0.05) is 19.1 Å². The number of benzene rings is 1. The van der Waals surface area contributed by atoms with Gasteiger partial charge in [-0.3, -0.25) is 4.79 Å². The highest BCUT2D eigenvalue weighted by atomic mass is 16.2. The number of rotatable bonds is 3. The number of amides is 1. The fraction of sp³-hybridized carbons (Fsp3) is 0.588. The molecular formula is C17H24N2O. The number of hydrogen-bond acceptors (Lipinski definition) is 2. The van der Waals surface area contributed by atoms with Crippen LogP contribution in [0.5, 0.6) is 0 Å². The first kappa shape index (κ1) is 13.6. The Morgan fingerprint density at radius 1 is 1.40 bits per heavy atom. The molecule has 1 aromatic rings. The quantitative estimate of drug-likeness (QED) is 0.915. The second-order valence-corrected chi connectivity index (χ2v) is 6.33. The van der Waals surface area contributed by atoms with Crippen molar-refractivity contribution in [2.45, 2.75) is 44.1 Å². The highest BCUT2D eigenvalue weighted by Crippen LogP contribution is 2.50. The Labute approximate surface area is 121 Å². The Bertz CT molecular complexity index is 507. The molecule has 1 N–H and O–H groups in total. The number of nitrogens with one attached hydrogen (secondary N) is 1. The van der Waals surface area contributed by atoms with Gasteiger partial charge in [-0.25, -0.2) is 0 Å². The lowest BCUT2D eigenvalue weighted by Gasteiger charge is -2.35. The minimum atomic E-state index is -0.207. The zero-order valence-electron chi connectivity index (χ0n) is 12.5. The second kappa shape index (κ2) is 5.21. The number of piperidine rings is 1. The summed E-state index contributed by atoms with van der Waals surface area (Å²) < 4.78 is 0. The van der Waals surface area contributed by atoms with Gasteiger partial charge in [0.15, 0.2) is 0 Å². The molecule has 1 aliphatic carbocycles. The van der Waals surface area contributed by atoms with E-state index in [9.17, 15) is 4.79 Å². The fourth-order valence-corrected chi connectivity index (χ4v) is 3.39. The Morgan fingerprint density at radius 2 is 2.20 bits per heavy atom. The minimum absolute atomic E-state index is 0.207. The first-order chi connectivity index (χ1) is 9.65. The van der Waals surface area contributed by atoms with Crippen LogP contribution in [0.1, 0.15) is 36.8 Å². The van der Waals surface area contributed by atoms with E-state index in [4.69, 9.17) is 0 Å². The average molecular weight is 272 g/mol. The number of carbonyl (C=O) groups excluding carboxylic acids is 1. The molecule has 1 aromatic carbocycles. The summed E-state index contributed by atoms with van der Waals surface area (Å²) in [5.74, 6) is 0.350. The van der Waals surface area contributed by atoms with E-state index in [-0.39, 0.29) is 5.41 Å². The maximum atomic E-state index is 13.0. The molecule has 2 aliphatic rings. The summed E-state index contributed by atoms with van der Waals surface area (Å²) in [6.45, 7) is 3.88. The molecule has 1 heterocycles. The Morgan fingerprint density at radius 3 is 2.85 bits per heavy atom. The molecule has 1 unspecified atom stereocenters. The van der Waals surface area contributed by atoms with Crippen LogP contribution in [0.4, 0.5) is 0 Å². The fourth-order valence-electron chi connectivity index (χ4n) is 3.39. The molecule has 108 valence electrons. The summed E-state index contributed by atoms with van der Waals surface area (Å²) in [4.78, 5) is 15.0. The molecule has 1 amide bonds. The molecule has 20 heavy (non-hydrogen) atoms. The summed E-state index contributed by atoms with van der Waals surface area (Å²) in [6, 6.07) is 8.94. The van der Waals surface area contributed by atoms with Gasteiger partial charge in [-0.2, -0.15) is 0 Å². The molecule has 2 fully saturated rings. The molecule has 1 atom stereocenters. The molecule has 1 aliphatic heterocycles. The Hall–Kier alpha value is -1.35. The zero-order chi connectivity index (χ0) is 14.2. The highest BCUT2D eigenvalue weighted by molar-refractivity contribution is 5.91. The van der Waals surface area contributed by atoms with Crippen LogP contribution in [0.25, 0.3) is 0 Å². The van der Waals surface area contributed by atoms with Gasteiger partial charge in [0.2, 0.25) is 5.91 Å². The van der Waals surface area contributed by atoms with Crippen LogP contribution >= 0.6 is 0 Å². The third kappa shape index (κ3) is 2.35. The maximum absolute atomic E-state index is 13.0. The first-order valence-electron chi connectivity index (χ1n) is 7.69. The van der Waals surface area contributed by atoms with Crippen molar-refractivity contribution in [3.8, 4) is 0 Å². The first-order valence-corrected chi connectivity index (χ1v) is 7.69. The van der Waals surface area contributed by atoms with Crippen molar-refractivity contribution >= 4 is 5.91 Å². The summed E-state index contributed by atoms with van der Waals surface area (Å²) in [5.41, 5.74) is 2.25. The standard InChI is InChI=1S/C17H24N2O/c1-13-5-3-6-14(11-13)17(8-9-17)16(20)19-10-4-7-15(12-19)18-2/h3,5-6,11,15,18H,4,7-10,12H2,1-2H3.